The zero-order valence-electron chi connectivity index (χ0n) is 10.4. The molecule has 0 unspecified atom stereocenters. The van der Waals surface area contributed by atoms with Gasteiger partial charge < -0.3 is 5.32 Å². The van der Waals surface area contributed by atoms with Crippen molar-refractivity contribution >= 4 is 31.5 Å². The summed E-state index contributed by atoms with van der Waals surface area (Å²) in [4.78, 5) is 0. The third kappa shape index (κ3) is 3.88. The van der Waals surface area contributed by atoms with Crippen LogP contribution in [0.15, 0.2) is 22.7 Å². The highest BCUT2D eigenvalue weighted by atomic mass is 79.9. The van der Waals surface area contributed by atoms with Crippen LogP contribution in [0.2, 0.25) is 0 Å². The van der Waals surface area contributed by atoms with Gasteiger partial charge in [-0.15, -0.1) is 0 Å². The molecule has 0 aromatic heterocycles. The molecule has 0 spiro atoms. The molecule has 0 bridgehead atoms. The molecule has 1 N–H and O–H groups in total. The number of rotatable bonds is 2. The van der Waals surface area contributed by atoms with Gasteiger partial charge in [0.25, 0.3) is 0 Å². The summed E-state index contributed by atoms with van der Waals surface area (Å²) in [6, 6.07) is 3.45. The molecule has 1 aromatic carbocycles. The Morgan fingerprint density at radius 1 is 1.20 bits per heavy atom. The second kappa shape index (κ2) is 5.55. The maximum atomic E-state index is 12.9. The van der Waals surface area contributed by atoms with Crippen molar-refractivity contribution in [2.75, 3.05) is 16.8 Å². The van der Waals surface area contributed by atoms with E-state index in [1.54, 1.807) is 0 Å². The molecule has 1 aromatic rings. The third-order valence-electron chi connectivity index (χ3n) is 3.20. The molecule has 0 aliphatic carbocycles. The second-order valence-electron chi connectivity index (χ2n) is 4.76. The molecule has 1 heterocycles. The van der Waals surface area contributed by atoms with Gasteiger partial charge in [0.2, 0.25) is 0 Å². The van der Waals surface area contributed by atoms with Gasteiger partial charge in [-0.05, 0) is 31.0 Å². The Hall–Kier alpha value is -0.760. The Labute approximate surface area is 123 Å². The minimum absolute atomic E-state index is 0.0139. The van der Waals surface area contributed by atoms with Crippen molar-refractivity contribution in [3.8, 4) is 0 Å². The molecular formula is C12H13BrF3NO2S. The predicted molar refractivity (Wildman–Crippen MR) is 74.4 cm³/mol. The zero-order valence-corrected chi connectivity index (χ0v) is 12.8. The number of hydrogen-bond acceptors (Lipinski definition) is 3. The van der Waals surface area contributed by atoms with E-state index in [2.05, 4.69) is 21.2 Å². The van der Waals surface area contributed by atoms with E-state index in [1.165, 1.54) is 12.1 Å². The van der Waals surface area contributed by atoms with E-state index in [-0.39, 0.29) is 23.2 Å². The van der Waals surface area contributed by atoms with E-state index >= 15 is 0 Å². The van der Waals surface area contributed by atoms with Crippen LogP contribution in [0.25, 0.3) is 0 Å². The summed E-state index contributed by atoms with van der Waals surface area (Å²) >= 11 is 3.14. The lowest BCUT2D eigenvalue weighted by Gasteiger charge is -2.25. The minimum Gasteiger partial charge on any atom is -0.382 e. The van der Waals surface area contributed by atoms with Gasteiger partial charge in [-0.3, -0.25) is 0 Å². The summed E-state index contributed by atoms with van der Waals surface area (Å²) in [6.45, 7) is 0. The first-order chi connectivity index (χ1) is 9.17. The normalized spacial score (nSPS) is 19.8. The molecule has 1 aliphatic rings. The fourth-order valence-corrected chi connectivity index (χ4v) is 3.99. The van der Waals surface area contributed by atoms with Crippen molar-refractivity contribution in [2.24, 2.45) is 0 Å². The highest BCUT2D eigenvalue weighted by Gasteiger charge is 2.34. The molecule has 8 heteroatoms. The quantitative estimate of drug-likeness (QED) is 0.865. The van der Waals surface area contributed by atoms with Crippen molar-refractivity contribution < 1.29 is 21.6 Å². The van der Waals surface area contributed by atoms with Crippen LogP contribution in [0, 0.1) is 0 Å². The number of anilines is 1. The van der Waals surface area contributed by atoms with E-state index in [4.69, 9.17) is 0 Å². The van der Waals surface area contributed by atoms with Crippen LogP contribution in [-0.4, -0.2) is 26.0 Å². The molecule has 1 fully saturated rings. The number of nitrogens with one attached hydrogen (secondary N) is 1. The van der Waals surface area contributed by atoms with Crippen molar-refractivity contribution in [3.05, 3.63) is 28.2 Å². The lowest BCUT2D eigenvalue weighted by atomic mass is 10.1. The number of halogens is 4. The SMILES string of the molecule is O=S1(=O)CCC(Nc2cc(Br)ccc2C(F)(F)F)CC1. The van der Waals surface area contributed by atoms with E-state index in [0.717, 1.165) is 6.07 Å². The lowest BCUT2D eigenvalue weighted by Crippen LogP contribution is -2.32. The van der Waals surface area contributed by atoms with Crippen LogP contribution >= 0.6 is 15.9 Å². The van der Waals surface area contributed by atoms with E-state index in [9.17, 15) is 21.6 Å². The monoisotopic (exact) mass is 371 g/mol. The van der Waals surface area contributed by atoms with Crippen LogP contribution in [0.3, 0.4) is 0 Å². The van der Waals surface area contributed by atoms with Gasteiger partial charge in [0.05, 0.1) is 17.1 Å². The van der Waals surface area contributed by atoms with Gasteiger partial charge >= 0.3 is 6.18 Å². The van der Waals surface area contributed by atoms with Crippen molar-refractivity contribution in [1.29, 1.82) is 0 Å². The Morgan fingerprint density at radius 3 is 2.35 bits per heavy atom. The Bertz CT molecular complexity index is 587. The molecular weight excluding hydrogens is 359 g/mol. The Balaban J connectivity index is 2.19. The smallest absolute Gasteiger partial charge is 0.382 e. The van der Waals surface area contributed by atoms with Gasteiger partial charge in [-0.25, -0.2) is 8.42 Å². The lowest BCUT2D eigenvalue weighted by molar-refractivity contribution is -0.137. The first-order valence-electron chi connectivity index (χ1n) is 6.01. The molecule has 0 saturated carbocycles. The first-order valence-corrected chi connectivity index (χ1v) is 8.62. The summed E-state index contributed by atoms with van der Waals surface area (Å²) in [5.41, 5.74) is -0.759. The predicted octanol–water partition coefficient (Wildman–Crippen LogP) is 3.46. The van der Waals surface area contributed by atoms with E-state index < -0.39 is 21.6 Å². The van der Waals surface area contributed by atoms with E-state index in [0.29, 0.717) is 17.3 Å². The maximum Gasteiger partial charge on any atom is 0.418 e. The third-order valence-corrected chi connectivity index (χ3v) is 5.41. The number of hydrogen-bond donors (Lipinski definition) is 1. The fourth-order valence-electron chi connectivity index (χ4n) is 2.14. The van der Waals surface area contributed by atoms with Crippen LogP contribution in [-0.2, 0) is 16.0 Å². The second-order valence-corrected chi connectivity index (χ2v) is 7.98. The van der Waals surface area contributed by atoms with Gasteiger partial charge in [0, 0.05) is 16.2 Å². The summed E-state index contributed by atoms with van der Waals surface area (Å²) < 4.78 is 61.9. The molecule has 2 rings (SSSR count). The van der Waals surface area contributed by atoms with Crippen molar-refractivity contribution in [2.45, 2.75) is 25.1 Å². The van der Waals surface area contributed by atoms with Gasteiger partial charge in [0.1, 0.15) is 9.84 Å². The van der Waals surface area contributed by atoms with Gasteiger partial charge in [0.15, 0.2) is 0 Å². The number of alkyl halides is 3. The Kier molecular flexibility index (Phi) is 4.34. The minimum atomic E-state index is -4.44. The molecule has 3 nitrogen and oxygen atoms in total. The topological polar surface area (TPSA) is 46.2 Å². The summed E-state index contributed by atoms with van der Waals surface area (Å²) in [5.74, 6) is 0.0278. The Morgan fingerprint density at radius 2 is 1.80 bits per heavy atom. The van der Waals surface area contributed by atoms with Gasteiger partial charge in [-0.1, -0.05) is 15.9 Å². The molecule has 1 aliphatic heterocycles. The fraction of sp³-hybridized carbons (Fsp3) is 0.500. The van der Waals surface area contributed by atoms with Crippen LogP contribution in [0.1, 0.15) is 18.4 Å². The highest BCUT2D eigenvalue weighted by molar-refractivity contribution is 9.10. The van der Waals surface area contributed by atoms with E-state index in [1.807, 2.05) is 0 Å². The van der Waals surface area contributed by atoms with Crippen molar-refractivity contribution in [3.63, 3.8) is 0 Å². The zero-order chi connectivity index (χ0) is 15.0. The van der Waals surface area contributed by atoms with Gasteiger partial charge in [-0.2, -0.15) is 13.2 Å². The first kappa shape index (κ1) is 15.6. The maximum absolute atomic E-state index is 12.9. The molecule has 0 radical (unpaired) electrons. The summed E-state index contributed by atoms with van der Waals surface area (Å²) in [7, 11) is -3.03. The average molecular weight is 372 g/mol. The largest absolute Gasteiger partial charge is 0.418 e. The molecule has 112 valence electrons. The number of benzene rings is 1. The standard InChI is InChI=1S/C12H13BrF3NO2S/c13-8-1-2-10(12(14,15)16)11(7-8)17-9-3-5-20(18,19)6-4-9/h1-2,7,9,17H,3-6H2. The summed E-state index contributed by atoms with van der Waals surface area (Å²) in [6.07, 6.45) is -3.79. The summed E-state index contributed by atoms with van der Waals surface area (Å²) in [5, 5.41) is 2.82. The van der Waals surface area contributed by atoms with Crippen LogP contribution < -0.4 is 5.32 Å². The average Bonchev–Trinajstić information content (AvgIpc) is 2.30. The molecule has 0 atom stereocenters. The molecule has 20 heavy (non-hydrogen) atoms. The molecule has 1 saturated heterocycles. The van der Waals surface area contributed by atoms with Crippen LogP contribution in [0.4, 0.5) is 18.9 Å². The van der Waals surface area contributed by atoms with Crippen molar-refractivity contribution in [1.82, 2.24) is 0 Å². The highest BCUT2D eigenvalue weighted by Crippen LogP contribution is 2.37. The number of sulfone groups is 1. The molecule has 0 amide bonds. The van der Waals surface area contributed by atoms with Crippen LogP contribution in [0.5, 0.6) is 0 Å².